The normalized spacial score (nSPS) is 20.6. The second-order valence-corrected chi connectivity index (χ2v) is 6.94. The minimum absolute atomic E-state index is 0.163. The van der Waals surface area contributed by atoms with Gasteiger partial charge < -0.3 is 10.2 Å². The average Bonchev–Trinajstić information content (AvgIpc) is 3.08. The number of para-hydroxylation sites is 1. The molecule has 2 aromatic rings. The maximum absolute atomic E-state index is 13.4. The number of nitrogens with one attached hydrogen (secondary N) is 1. The molecule has 4 rings (SSSR count). The van der Waals surface area contributed by atoms with Gasteiger partial charge in [0.05, 0.1) is 11.3 Å². The van der Waals surface area contributed by atoms with Crippen molar-refractivity contribution in [1.29, 1.82) is 0 Å². The number of anilines is 1. The fourth-order valence-corrected chi connectivity index (χ4v) is 4.08. The van der Waals surface area contributed by atoms with Gasteiger partial charge in [0.1, 0.15) is 0 Å². The minimum Gasteiger partial charge on any atom is -0.348 e. The number of benzene rings is 2. The molecule has 28 heavy (non-hydrogen) atoms. The quantitative estimate of drug-likeness (QED) is 0.817. The molecule has 142 valence electrons. The number of rotatable bonds is 5. The topological polar surface area (TPSA) is 69.7 Å². The Labute approximate surface area is 163 Å². The number of nitrogens with zero attached hydrogens (tertiary/aromatic N) is 2. The van der Waals surface area contributed by atoms with E-state index in [4.69, 9.17) is 0 Å². The number of fused-ring (bicyclic) bond motifs is 3. The van der Waals surface area contributed by atoms with E-state index in [2.05, 4.69) is 11.9 Å². The van der Waals surface area contributed by atoms with Crippen LogP contribution in [-0.2, 0) is 16.1 Å². The van der Waals surface area contributed by atoms with Crippen LogP contribution in [0.4, 0.5) is 5.69 Å². The Morgan fingerprint density at radius 2 is 1.82 bits per heavy atom. The van der Waals surface area contributed by atoms with E-state index in [1.165, 1.54) is 9.80 Å². The Balaban J connectivity index is 1.76. The van der Waals surface area contributed by atoms with Crippen molar-refractivity contribution in [3.8, 4) is 0 Å². The van der Waals surface area contributed by atoms with E-state index in [-0.39, 0.29) is 37.1 Å². The lowest BCUT2D eigenvalue weighted by atomic mass is 9.95. The van der Waals surface area contributed by atoms with Crippen LogP contribution in [0.3, 0.4) is 0 Å². The van der Waals surface area contributed by atoms with Gasteiger partial charge in [-0.05, 0) is 17.7 Å². The summed E-state index contributed by atoms with van der Waals surface area (Å²) >= 11 is 0. The first kappa shape index (κ1) is 18.0. The predicted molar refractivity (Wildman–Crippen MR) is 105 cm³/mol. The number of hydrogen-bond acceptors (Lipinski definition) is 3. The first-order valence-electron chi connectivity index (χ1n) is 9.27. The molecule has 1 saturated heterocycles. The molecule has 0 bridgehead atoms. The van der Waals surface area contributed by atoms with Gasteiger partial charge in [-0.3, -0.25) is 19.3 Å². The summed E-state index contributed by atoms with van der Waals surface area (Å²) in [4.78, 5) is 42.4. The average molecular weight is 375 g/mol. The maximum atomic E-state index is 13.4. The van der Waals surface area contributed by atoms with Crippen LogP contribution < -0.4 is 10.2 Å². The van der Waals surface area contributed by atoms with E-state index in [1.54, 1.807) is 30.3 Å². The summed E-state index contributed by atoms with van der Waals surface area (Å²) < 4.78 is 0. The standard InChI is InChI=1S/C22H21N3O3/c1-2-14-24-20(27)17-10-6-7-11-18(17)25-19(26)12-13-22(24,25)21(28)23-15-16-8-4-3-5-9-16/h2-11H,1,12-15H2,(H,23,28)/t22-/m0/s1. The zero-order valence-electron chi connectivity index (χ0n) is 15.4. The summed E-state index contributed by atoms with van der Waals surface area (Å²) in [7, 11) is 0. The number of carbonyl (C=O) groups is 3. The number of carbonyl (C=O) groups excluding carboxylic acids is 3. The van der Waals surface area contributed by atoms with E-state index in [1.807, 2.05) is 30.3 Å². The molecule has 2 aliphatic rings. The summed E-state index contributed by atoms with van der Waals surface area (Å²) in [5.41, 5.74) is 0.489. The fraction of sp³-hybridized carbons (Fsp3) is 0.227. The lowest BCUT2D eigenvalue weighted by Gasteiger charge is -2.48. The van der Waals surface area contributed by atoms with Crippen molar-refractivity contribution in [2.75, 3.05) is 11.4 Å². The minimum atomic E-state index is -1.37. The third kappa shape index (κ3) is 2.60. The van der Waals surface area contributed by atoms with Gasteiger partial charge in [-0.2, -0.15) is 0 Å². The van der Waals surface area contributed by atoms with Crippen LogP contribution in [0.2, 0.25) is 0 Å². The molecule has 2 aromatic carbocycles. The van der Waals surface area contributed by atoms with Crippen molar-refractivity contribution < 1.29 is 14.4 Å². The fourth-order valence-electron chi connectivity index (χ4n) is 4.08. The van der Waals surface area contributed by atoms with E-state index in [0.29, 0.717) is 17.8 Å². The van der Waals surface area contributed by atoms with Crippen LogP contribution in [0.25, 0.3) is 0 Å². The second-order valence-electron chi connectivity index (χ2n) is 6.94. The van der Waals surface area contributed by atoms with Crippen LogP contribution in [0.1, 0.15) is 28.8 Å². The first-order chi connectivity index (χ1) is 13.6. The highest BCUT2D eigenvalue weighted by atomic mass is 16.2. The molecule has 0 unspecified atom stereocenters. The van der Waals surface area contributed by atoms with Gasteiger partial charge in [0, 0.05) is 25.9 Å². The lowest BCUT2D eigenvalue weighted by molar-refractivity contribution is -0.133. The van der Waals surface area contributed by atoms with E-state index < -0.39 is 5.66 Å². The molecule has 1 N–H and O–H groups in total. The molecule has 6 heteroatoms. The smallest absolute Gasteiger partial charge is 0.267 e. The number of hydrogen-bond donors (Lipinski definition) is 1. The van der Waals surface area contributed by atoms with Crippen molar-refractivity contribution in [2.45, 2.75) is 25.0 Å². The molecule has 0 aliphatic carbocycles. The van der Waals surface area contributed by atoms with Gasteiger partial charge in [-0.25, -0.2) is 0 Å². The van der Waals surface area contributed by atoms with Gasteiger partial charge in [-0.1, -0.05) is 48.5 Å². The first-order valence-corrected chi connectivity index (χ1v) is 9.27. The highest BCUT2D eigenvalue weighted by Gasteiger charge is 2.60. The Morgan fingerprint density at radius 3 is 2.57 bits per heavy atom. The van der Waals surface area contributed by atoms with Crippen molar-refractivity contribution in [2.24, 2.45) is 0 Å². The van der Waals surface area contributed by atoms with Crippen molar-refractivity contribution >= 4 is 23.4 Å². The van der Waals surface area contributed by atoms with Gasteiger partial charge in [0.2, 0.25) is 11.6 Å². The lowest BCUT2D eigenvalue weighted by Crippen LogP contribution is -2.70. The Morgan fingerprint density at radius 1 is 1.11 bits per heavy atom. The monoisotopic (exact) mass is 375 g/mol. The van der Waals surface area contributed by atoms with Gasteiger partial charge in [0.15, 0.2) is 0 Å². The Hall–Kier alpha value is -3.41. The van der Waals surface area contributed by atoms with Crippen LogP contribution in [0.5, 0.6) is 0 Å². The molecule has 2 aliphatic heterocycles. The van der Waals surface area contributed by atoms with E-state index in [9.17, 15) is 14.4 Å². The SMILES string of the molecule is C=CCN1C(=O)c2ccccc2N2C(=O)CC[C@]12C(=O)NCc1ccccc1. The molecule has 1 fully saturated rings. The maximum Gasteiger partial charge on any atom is 0.267 e. The molecular weight excluding hydrogens is 354 g/mol. The Kier molecular flexibility index (Phi) is 4.47. The highest BCUT2D eigenvalue weighted by molar-refractivity contribution is 6.16. The van der Waals surface area contributed by atoms with Crippen LogP contribution in [0.15, 0.2) is 67.3 Å². The van der Waals surface area contributed by atoms with Crippen LogP contribution in [0, 0.1) is 0 Å². The molecular formula is C22H21N3O3. The van der Waals surface area contributed by atoms with Crippen molar-refractivity contribution in [3.05, 3.63) is 78.4 Å². The van der Waals surface area contributed by atoms with Gasteiger partial charge >= 0.3 is 0 Å². The predicted octanol–water partition coefficient (Wildman–Crippen LogP) is 2.47. The summed E-state index contributed by atoms with van der Waals surface area (Å²) in [6.07, 6.45) is 2.04. The molecule has 3 amide bonds. The van der Waals surface area contributed by atoms with Crippen molar-refractivity contribution in [3.63, 3.8) is 0 Å². The number of amides is 3. The van der Waals surface area contributed by atoms with Gasteiger partial charge in [0.25, 0.3) is 11.8 Å². The molecule has 0 spiro atoms. The van der Waals surface area contributed by atoms with E-state index in [0.717, 1.165) is 5.56 Å². The third-order valence-corrected chi connectivity index (χ3v) is 5.35. The summed E-state index contributed by atoms with van der Waals surface area (Å²) in [6, 6.07) is 16.5. The molecule has 0 saturated carbocycles. The molecule has 2 heterocycles. The largest absolute Gasteiger partial charge is 0.348 e. The second kappa shape index (κ2) is 6.96. The summed E-state index contributed by atoms with van der Waals surface area (Å²) in [5, 5.41) is 2.93. The summed E-state index contributed by atoms with van der Waals surface area (Å²) in [5.74, 6) is -0.785. The summed E-state index contributed by atoms with van der Waals surface area (Å²) in [6.45, 7) is 4.23. The van der Waals surface area contributed by atoms with Gasteiger partial charge in [-0.15, -0.1) is 6.58 Å². The third-order valence-electron chi connectivity index (χ3n) is 5.35. The highest BCUT2D eigenvalue weighted by Crippen LogP contribution is 2.44. The van der Waals surface area contributed by atoms with Crippen LogP contribution >= 0.6 is 0 Å². The molecule has 6 nitrogen and oxygen atoms in total. The zero-order valence-corrected chi connectivity index (χ0v) is 15.4. The van der Waals surface area contributed by atoms with Crippen molar-refractivity contribution in [1.82, 2.24) is 10.2 Å². The molecule has 1 atom stereocenters. The molecule has 0 aromatic heterocycles. The van der Waals surface area contributed by atoms with Crippen LogP contribution in [-0.4, -0.2) is 34.8 Å². The molecule has 0 radical (unpaired) electrons. The zero-order chi connectivity index (χ0) is 19.7. The van der Waals surface area contributed by atoms with E-state index >= 15 is 0 Å². The Bertz CT molecular complexity index is 957.